The summed E-state index contributed by atoms with van der Waals surface area (Å²) in [7, 11) is 4.11. The predicted octanol–water partition coefficient (Wildman–Crippen LogP) is 0.920. The van der Waals surface area contributed by atoms with Crippen molar-refractivity contribution in [1.29, 1.82) is 0 Å². The number of rotatable bonds is 5. The van der Waals surface area contributed by atoms with Gasteiger partial charge in [0.2, 0.25) is 0 Å². The first-order valence-electron chi connectivity index (χ1n) is 3.35. The van der Waals surface area contributed by atoms with Crippen molar-refractivity contribution in [1.82, 2.24) is 5.09 Å². The van der Waals surface area contributed by atoms with Crippen molar-refractivity contribution >= 4 is 24.8 Å². The zero-order valence-electron chi connectivity index (χ0n) is 6.62. The fourth-order valence-electron chi connectivity index (χ4n) is 0.662. The lowest BCUT2D eigenvalue weighted by molar-refractivity contribution is -0.135. The van der Waals surface area contributed by atoms with Crippen LogP contribution in [0.15, 0.2) is 12.3 Å². The van der Waals surface area contributed by atoms with E-state index in [4.69, 9.17) is 5.11 Å². The molecular formula is C6H13NO3P2. The van der Waals surface area contributed by atoms with Gasteiger partial charge in [-0.1, -0.05) is 16.0 Å². The first kappa shape index (κ1) is 11.8. The first-order valence-corrected chi connectivity index (χ1v) is 4.40. The molecule has 0 aromatic carbocycles. The summed E-state index contributed by atoms with van der Waals surface area (Å²) in [4.78, 5) is 10.9. The summed E-state index contributed by atoms with van der Waals surface area (Å²) in [6, 6.07) is -0.420. The van der Waals surface area contributed by atoms with Crippen molar-refractivity contribution in [2.45, 2.75) is 18.9 Å². The Morgan fingerprint density at radius 1 is 1.75 bits per heavy atom. The van der Waals surface area contributed by atoms with Gasteiger partial charge in [-0.3, -0.25) is 9.88 Å². The lowest BCUT2D eigenvalue weighted by atomic mass is 10.1. The Labute approximate surface area is 76.3 Å². The average molecular weight is 209 g/mol. The monoisotopic (exact) mass is 209 g/mol. The van der Waals surface area contributed by atoms with Crippen molar-refractivity contribution in [2.24, 2.45) is 0 Å². The van der Waals surface area contributed by atoms with Crippen LogP contribution < -0.4 is 5.09 Å². The van der Waals surface area contributed by atoms with Crippen LogP contribution in [-0.4, -0.2) is 17.1 Å². The third-order valence-corrected chi connectivity index (χ3v) is 1.96. The summed E-state index contributed by atoms with van der Waals surface area (Å²) in [5.41, 5.74) is 0. The molecule has 0 saturated carbocycles. The molecule has 0 aliphatic carbocycles. The van der Waals surface area contributed by atoms with E-state index in [1.807, 2.05) is 9.47 Å². The topological polar surface area (TPSA) is 58.6 Å². The predicted molar refractivity (Wildman–Crippen MR) is 53.4 cm³/mol. The number of allylic oxidation sites excluding steroid dienone is 1. The maximum absolute atomic E-state index is 10.9. The Hall–Kier alpha value is -0.170. The summed E-state index contributed by atoms with van der Waals surface area (Å²) in [6.07, 6.45) is 0.845. The number of hydrogen-bond acceptors (Lipinski definition) is 4. The third-order valence-electron chi connectivity index (χ3n) is 1.32. The lowest BCUT2D eigenvalue weighted by Crippen LogP contribution is -2.30. The molecule has 0 saturated heterocycles. The number of carbonyl (C=O) groups excluding carboxylic acids is 1. The normalized spacial score (nSPS) is 12.2. The maximum atomic E-state index is 10.9. The van der Waals surface area contributed by atoms with E-state index in [9.17, 15) is 4.79 Å². The molecule has 2 unspecified atom stereocenters. The van der Waals surface area contributed by atoms with Gasteiger partial charge in [0.25, 0.3) is 0 Å². The van der Waals surface area contributed by atoms with Gasteiger partial charge < -0.3 is 9.63 Å². The summed E-state index contributed by atoms with van der Waals surface area (Å²) in [5, 5.41) is 11.4. The fraction of sp³-hybridized carbons (Fsp3) is 0.500. The molecule has 4 nitrogen and oxygen atoms in total. The Balaban J connectivity index is 3.83. The molecule has 3 atom stereocenters. The van der Waals surface area contributed by atoms with Crippen LogP contribution in [0.4, 0.5) is 0 Å². The Bertz CT molecular complexity index is 174. The third kappa shape index (κ3) is 4.66. The van der Waals surface area contributed by atoms with Crippen LogP contribution in [0.5, 0.6) is 0 Å². The molecule has 0 heterocycles. The minimum absolute atomic E-state index is 0.0665. The zero-order valence-corrected chi connectivity index (χ0v) is 8.93. The van der Waals surface area contributed by atoms with Gasteiger partial charge in [-0.05, 0) is 6.42 Å². The quantitative estimate of drug-likeness (QED) is 0.522. The first-order chi connectivity index (χ1) is 5.61. The van der Waals surface area contributed by atoms with Crippen LogP contribution in [0, 0.1) is 0 Å². The molecule has 6 heteroatoms. The highest BCUT2D eigenvalue weighted by atomic mass is 31.0. The van der Waals surface area contributed by atoms with Gasteiger partial charge in [-0.15, -0.1) is 0 Å². The van der Waals surface area contributed by atoms with Gasteiger partial charge in [0.05, 0.1) is 15.2 Å². The van der Waals surface area contributed by atoms with Crippen LogP contribution in [0.1, 0.15) is 12.8 Å². The average Bonchev–Trinajstić information content (AvgIpc) is 2.04. The van der Waals surface area contributed by atoms with Crippen LogP contribution in [-0.2, 0) is 9.32 Å². The van der Waals surface area contributed by atoms with Crippen LogP contribution in [0.25, 0.3) is 0 Å². The number of carbonyl (C=O) groups is 1. The smallest absolute Gasteiger partial charge is 0.325 e. The molecule has 70 valence electrons. The van der Waals surface area contributed by atoms with E-state index in [1.165, 1.54) is 0 Å². The van der Waals surface area contributed by atoms with Gasteiger partial charge in [0, 0.05) is 6.42 Å². The highest BCUT2D eigenvalue weighted by Gasteiger charge is 2.16. The van der Waals surface area contributed by atoms with Crippen LogP contribution >= 0.6 is 18.9 Å². The SMILES string of the molecule is C=C(O)CC[C@H](NP)C(=O)OP. The molecule has 0 rings (SSSR count). The second kappa shape index (κ2) is 6.36. The standard InChI is InChI=1S/C6H13NO3P2/c1-4(8)2-3-5(7-11)6(9)10-12/h5,7-8H,1-3,11-12H2/t5-/m0/s1. The highest BCUT2D eigenvalue weighted by molar-refractivity contribution is 7.14. The molecule has 0 spiro atoms. The van der Waals surface area contributed by atoms with Crippen molar-refractivity contribution in [3.05, 3.63) is 12.3 Å². The van der Waals surface area contributed by atoms with Gasteiger partial charge >= 0.3 is 5.97 Å². The molecule has 2 N–H and O–H groups in total. The molecule has 0 aliphatic heterocycles. The fourth-order valence-corrected chi connectivity index (χ4v) is 1.13. The number of aliphatic hydroxyl groups is 1. The van der Waals surface area contributed by atoms with Crippen molar-refractivity contribution in [3.8, 4) is 0 Å². The second-order valence-electron chi connectivity index (χ2n) is 2.26. The molecule has 0 aromatic rings. The molecule has 0 bridgehead atoms. The minimum atomic E-state index is -0.420. The Morgan fingerprint density at radius 3 is 2.67 bits per heavy atom. The summed E-state index contributed by atoms with van der Waals surface area (Å²) < 4.78 is 4.43. The van der Waals surface area contributed by atoms with Gasteiger partial charge in [0.1, 0.15) is 6.04 Å². The van der Waals surface area contributed by atoms with Crippen molar-refractivity contribution in [2.75, 3.05) is 0 Å². The van der Waals surface area contributed by atoms with E-state index in [1.54, 1.807) is 0 Å². The number of nitrogens with one attached hydrogen (secondary N) is 1. The molecule has 0 fully saturated rings. The van der Waals surface area contributed by atoms with E-state index >= 15 is 0 Å². The van der Waals surface area contributed by atoms with E-state index in [2.05, 4.69) is 25.6 Å². The Morgan fingerprint density at radius 2 is 2.33 bits per heavy atom. The van der Waals surface area contributed by atoms with Crippen LogP contribution in [0.3, 0.4) is 0 Å². The van der Waals surface area contributed by atoms with E-state index in [0.717, 1.165) is 0 Å². The summed E-state index contributed by atoms with van der Waals surface area (Å²) >= 11 is 0. The van der Waals surface area contributed by atoms with Gasteiger partial charge in [-0.2, -0.15) is 0 Å². The summed E-state index contributed by atoms with van der Waals surface area (Å²) in [5.74, 6) is -0.312. The maximum Gasteiger partial charge on any atom is 0.325 e. The van der Waals surface area contributed by atoms with E-state index in [0.29, 0.717) is 12.8 Å². The molecule has 12 heavy (non-hydrogen) atoms. The molecule has 0 radical (unpaired) electrons. The van der Waals surface area contributed by atoms with Crippen LogP contribution in [0.2, 0.25) is 0 Å². The largest absolute Gasteiger partial charge is 0.513 e. The number of hydrogen-bond donors (Lipinski definition) is 2. The molecule has 0 aromatic heterocycles. The van der Waals surface area contributed by atoms with E-state index < -0.39 is 6.04 Å². The highest BCUT2D eigenvalue weighted by Crippen LogP contribution is 2.07. The summed E-state index contributed by atoms with van der Waals surface area (Å²) in [6.45, 7) is 3.31. The molecule has 0 aliphatic rings. The minimum Gasteiger partial charge on any atom is -0.513 e. The van der Waals surface area contributed by atoms with Crippen molar-refractivity contribution < 1.29 is 14.4 Å². The van der Waals surface area contributed by atoms with Gasteiger partial charge in [-0.25, -0.2) is 0 Å². The van der Waals surface area contributed by atoms with Gasteiger partial charge in [0.15, 0.2) is 0 Å². The Kier molecular flexibility index (Phi) is 6.27. The second-order valence-corrected chi connectivity index (χ2v) is 2.83. The van der Waals surface area contributed by atoms with E-state index in [-0.39, 0.29) is 11.7 Å². The zero-order chi connectivity index (χ0) is 9.56. The molecule has 0 amide bonds. The lowest BCUT2D eigenvalue weighted by Gasteiger charge is -2.11. The molecular weight excluding hydrogens is 196 g/mol. The van der Waals surface area contributed by atoms with Crippen molar-refractivity contribution in [3.63, 3.8) is 0 Å². The number of aliphatic hydroxyl groups excluding tert-OH is 1.